The first-order valence-electron chi connectivity index (χ1n) is 4.45. The molecule has 0 aliphatic carbocycles. The van der Waals surface area contributed by atoms with Crippen molar-refractivity contribution in [3.05, 3.63) is 35.8 Å². The Labute approximate surface area is 81.9 Å². The van der Waals surface area contributed by atoms with E-state index in [0.717, 1.165) is 10.9 Å². The highest BCUT2D eigenvalue weighted by atomic mass is 19.1. The number of fused-ring (bicyclic) bond motifs is 1. The molecule has 0 radical (unpaired) electrons. The maximum Gasteiger partial charge on any atom is 0.147 e. The third-order valence-corrected chi connectivity index (χ3v) is 2.33. The first-order chi connectivity index (χ1) is 6.74. The fraction of sp³-hybridized carbons (Fsp3) is 0.273. The van der Waals surface area contributed by atoms with Crippen LogP contribution in [0.5, 0.6) is 0 Å². The Hall–Kier alpha value is -1.35. The first kappa shape index (κ1) is 9.21. The molecule has 0 aliphatic rings. The van der Waals surface area contributed by atoms with E-state index in [9.17, 15) is 4.39 Å². The number of methoxy groups -OCH3 is 1. The SMILES string of the molecule is COCc1cn(C)c2c(F)cccc12. The van der Waals surface area contributed by atoms with Gasteiger partial charge in [0, 0.05) is 31.3 Å². The van der Waals surface area contributed by atoms with Gasteiger partial charge < -0.3 is 9.30 Å². The van der Waals surface area contributed by atoms with Crippen molar-refractivity contribution in [3.8, 4) is 0 Å². The van der Waals surface area contributed by atoms with E-state index in [-0.39, 0.29) is 5.82 Å². The maximum absolute atomic E-state index is 13.4. The minimum Gasteiger partial charge on any atom is -0.380 e. The van der Waals surface area contributed by atoms with Crippen molar-refractivity contribution < 1.29 is 9.13 Å². The van der Waals surface area contributed by atoms with Crippen LogP contribution in [-0.2, 0) is 18.4 Å². The highest BCUT2D eigenvalue weighted by Crippen LogP contribution is 2.23. The number of halogens is 1. The Morgan fingerprint density at radius 2 is 2.21 bits per heavy atom. The van der Waals surface area contributed by atoms with E-state index in [2.05, 4.69) is 0 Å². The van der Waals surface area contributed by atoms with Crippen LogP contribution in [0, 0.1) is 5.82 Å². The molecule has 0 amide bonds. The van der Waals surface area contributed by atoms with Crippen molar-refractivity contribution in [2.45, 2.75) is 6.61 Å². The summed E-state index contributed by atoms with van der Waals surface area (Å²) in [5.74, 6) is -0.188. The molecular weight excluding hydrogens is 181 g/mol. The molecule has 1 aromatic heterocycles. The Morgan fingerprint density at radius 1 is 1.43 bits per heavy atom. The highest BCUT2D eigenvalue weighted by molar-refractivity contribution is 5.84. The molecule has 0 spiro atoms. The topological polar surface area (TPSA) is 14.2 Å². The first-order valence-corrected chi connectivity index (χ1v) is 4.45. The number of hydrogen-bond donors (Lipinski definition) is 0. The van der Waals surface area contributed by atoms with E-state index in [1.165, 1.54) is 6.07 Å². The molecule has 0 unspecified atom stereocenters. The molecule has 1 heterocycles. The van der Waals surface area contributed by atoms with Gasteiger partial charge in [-0.25, -0.2) is 4.39 Å². The van der Waals surface area contributed by atoms with Gasteiger partial charge in [-0.2, -0.15) is 0 Å². The molecule has 2 nitrogen and oxygen atoms in total. The van der Waals surface area contributed by atoms with E-state index in [0.29, 0.717) is 12.1 Å². The number of ether oxygens (including phenoxy) is 1. The zero-order valence-corrected chi connectivity index (χ0v) is 8.25. The van der Waals surface area contributed by atoms with Crippen LogP contribution in [0.1, 0.15) is 5.56 Å². The molecule has 3 heteroatoms. The van der Waals surface area contributed by atoms with E-state index >= 15 is 0 Å². The lowest BCUT2D eigenvalue weighted by atomic mass is 10.2. The molecule has 0 N–H and O–H groups in total. The second kappa shape index (κ2) is 3.42. The summed E-state index contributed by atoms with van der Waals surface area (Å²) in [4.78, 5) is 0. The molecule has 0 bridgehead atoms. The minimum atomic E-state index is -0.188. The molecule has 74 valence electrons. The van der Waals surface area contributed by atoms with Gasteiger partial charge in [-0.1, -0.05) is 12.1 Å². The largest absolute Gasteiger partial charge is 0.380 e. The zero-order valence-electron chi connectivity index (χ0n) is 8.25. The molecule has 2 rings (SSSR count). The van der Waals surface area contributed by atoms with Crippen molar-refractivity contribution >= 4 is 10.9 Å². The Bertz CT molecular complexity index is 462. The smallest absolute Gasteiger partial charge is 0.147 e. The third-order valence-electron chi connectivity index (χ3n) is 2.33. The van der Waals surface area contributed by atoms with Crippen LogP contribution in [-0.4, -0.2) is 11.7 Å². The molecule has 0 aliphatic heterocycles. The Balaban J connectivity index is 2.71. The van der Waals surface area contributed by atoms with Crippen LogP contribution < -0.4 is 0 Å². The average molecular weight is 193 g/mol. The van der Waals surface area contributed by atoms with Crippen molar-refractivity contribution in [2.24, 2.45) is 7.05 Å². The van der Waals surface area contributed by atoms with Crippen molar-refractivity contribution in [2.75, 3.05) is 7.11 Å². The van der Waals surface area contributed by atoms with Crippen molar-refractivity contribution in [3.63, 3.8) is 0 Å². The predicted molar refractivity (Wildman–Crippen MR) is 53.6 cm³/mol. The quantitative estimate of drug-likeness (QED) is 0.714. The normalized spacial score (nSPS) is 11.1. The number of rotatable bonds is 2. The standard InChI is InChI=1S/C11H12FNO/c1-13-6-8(7-14-2)9-4-3-5-10(12)11(9)13/h3-6H,7H2,1-2H3. The second-order valence-corrected chi connectivity index (χ2v) is 3.33. The van der Waals surface area contributed by atoms with Gasteiger partial charge in [-0.15, -0.1) is 0 Å². The summed E-state index contributed by atoms with van der Waals surface area (Å²) in [6.07, 6.45) is 1.90. The monoisotopic (exact) mass is 193 g/mol. The number of aryl methyl sites for hydroxylation is 1. The summed E-state index contributed by atoms with van der Waals surface area (Å²) in [5, 5.41) is 0.925. The van der Waals surface area contributed by atoms with Gasteiger partial charge >= 0.3 is 0 Å². The third kappa shape index (κ3) is 1.30. The summed E-state index contributed by atoms with van der Waals surface area (Å²) >= 11 is 0. The molecule has 0 saturated heterocycles. The Morgan fingerprint density at radius 3 is 2.93 bits per heavy atom. The predicted octanol–water partition coefficient (Wildman–Crippen LogP) is 2.46. The lowest BCUT2D eigenvalue weighted by Crippen LogP contribution is -1.86. The molecule has 0 fully saturated rings. The van der Waals surface area contributed by atoms with E-state index in [1.807, 2.05) is 19.3 Å². The van der Waals surface area contributed by atoms with Gasteiger partial charge in [-0.05, 0) is 6.07 Å². The molecule has 0 atom stereocenters. The van der Waals surface area contributed by atoms with Crippen LogP contribution in [0.2, 0.25) is 0 Å². The number of hydrogen-bond acceptors (Lipinski definition) is 1. The van der Waals surface area contributed by atoms with Gasteiger partial charge in [0.05, 0.1) is 12.1 Å². The molecule has 2 aromatic rings. The highest BCUT2D eigenvalue weighted by Gasteiger charge is 2.09. The molecular formula is C11H12FNO. The van der Waals surface area contributed by atoms with Gasteiger partial charge in [0.2, 0.25) is 0 Å². The Kier molecular flexibility index (Phi) is 2.25. The number of aromatic nitrogens is 1. The summed E-state index contributed by atoms with van der Waals surface area (Å²) < 4.78 is 20.3. The summed E-state index contributed by atoms with van der Waals surface area (Å²) in [6, 6.07) is 5.10. The van der Waals surface area contributed by atoms with Crippen LogP contribution in [0.25, 0.3) is 10.9 Å². The lowest BCUT2D eigenvalue weighted by Gasteiger charge is -1.97. The van der Waals surface area contributed by atoms with Gasteiger partial charge in [-0.3, -0.25) is 0 Å². The molecule has 0 saturated carbocycles. The lowest BCUT2D eigenvalue weighted by molar-refractivity contribution is 0.186. The van der Waals surface area contributed by atoms with Crippen molar-refractivity contribution in [1.82, 2.24) is 4.57 Å². The number of para-hydroxylation sites is 1. The number of nitrogens with zero attached hydrogens (tertiary/aromatic N) is 1. The summed E-state index contributed by atoms with van der Waals surface area (Å²) in [6.45, 7) is 0.515. The number of benzene rings is 1. The van der Waals surface area contributed by atoms with E-state index in [1.54, 1.807) is 17.7 Å². The van der Waals surface area contributed by atoms with Crippen LogP contribution >= 0.6 is 0 Å². The summed E-state index contributed by atoms with van der Waals surface area (Å²) in [7, 11) is 3.47. The van der Waals surface area contributed by atoms with Crippen molar-refractivity contribution in [1.29, 1.82) is 0 Å². The molecule has 1 aromatic carbocycles. The molecule has 14 heavy (non-hydrogen) atoms. The van der Waals surface area contributed by atoms with Crippen LogP contribution in [0.4, 0.5) is 4.39 Å². The van der Waals surface area contributed by atoms with Crippen LogP contribution in [0.3, 0.4) is 0 Å². The average Bonchev–Trinajstić information content (AvgIpc) is 2.46. The van der Waals surface area contributed by atoms with Crippen LogP contribution in [0.15, 0.2) is 24.4 Å². The maximum atomic E-state index is 13.4. The zero-order chi connectivity index (χ0) is 10.1. The van der Waals surface area contributed by atoms with E-state index < -0.39 is 0 Å². The van der Waals surface area contributed by atoms with Gasteiger partial charge in [0.15, 0.2) is 0 Å². The van der Waals surface area contributed by atoms with Gasteiger partial charge in [0.25, 0.3) is 0 Å². The minimum absolute atomic E-state index is 0.188. The van der Waals surface area contributed by atoms with E-state index in [4.69, 9.17) is 4.74 Å². The summed E-state index contributed by atoms with van der Waals surface area (Å²) in [5.41, 5.74) is 1.66. The fourth-order valence-corrected chi connectivity index (χ4v) is 1.77. The fourth-order valence-electron chi connectivity index (χ4n) is 1.77. The second-order valence-electron chi connectivity index (χ2n) is 3.33. The van der Waals surface area contributed by atoms with Gasteiger partial charge in [0.1, 0.15) is 5.82 Å².